The molecule has 2 saturated heterocycles. The molecule has 6 nitrogen and oxygen atoms in total. The molecule has 3 aromatic carbocycles. The van der Waals surface area contributed by atoms with Crippen molar-refractivity contribution in [3.05, 3.63) is 88.5 Å². The van der Waals surface area contributed by atoms with Crippen molar-refractivity contribution >= 4 is 17.3 Å². The number of benzene rings is 3. The number of ether oxygens (including phenoxy) is 1. The summed E-state index contributed by atoms with van der Waals surface area (Å²) < 4.78 is 5.55. The molecule has 3 aromatic rings. The number of piperazine rings is 2. The summed E-state index contributed by atoms with van der Waals surface area (Å²) in [4.78, 5) is 22.9. The predicted octanol–water partition coefficient (Wildman–Crippen LogP) is 4.97. The monoisotopic (exact) mass is 536 g/mol. The Balaban J connectivity index is 1.22. The fraction of sp³-hybridized carbons (Fsp3) is 0.382. The minimum Gasteiger partial charge on any atom is -0.495 e. The minimum atomic E-state index is 0.136. The number of aryl methyl sites for hydroxylation is 2. The molecule has 0 aromatic heterocycles. The van der Waals surface area contributed by atoms with E-state index in [0.29, 0.717) is 13.1 Å². The van der Waals surface area contributed by atoms with E-state index in [1.165, 1.54) is 16.8 Å². The Bertz CT molecular complexity index is 1410. The van der Waals surface area contributed by atoms with Crippen molar-refractivity contribution in [3.8, 4) is 17.6 Å². The van der Waals surface area contributed by atoms with E-state index in [-0.39, 0.29) is 5.91 Å². The third kappa shape index (κ3) is 5.95. The van der Waals surface area contributed by atoms with Crippen molar-refractivity contribution in [3.63, 3.8) is 0 Å². The molecular formula is C34H40N4O2. The van der Waals surface area contributed by atoms with Crippen molar-refractivity contribution in [2.45, 2.75) is 27.3 Å². The van der Waals surface area contributed by atoms with Crippen LogP contribution >= 0.6 is 0 Å². The maximum Gasteiger partial charge on any atom is 0.254 e. The van der Waals surface area contributed by atoms with Crippen LogP contribution in [0.3, 0.4) is 0 Å². The van der Waals surface area contributed by atoms with Crippen LogP contribution < -0.4 is 14.5 Å². The maximum atomic E-state index is 13.7. The molecule has 2 fully saturated rings. The van der Waals surface area contributed by atoms with E-state index in [2.05, 4.69) is 82.9 Å². The summed E-state index contributed by atoms with van der Waals surface area (Å²) in [7, 11) is 1.71. The van der Waals surface area contributed by atoms with Crippen LogP contribution in [-0.4, -0.2) is 75.2 Å². The van der Waals surface area contributed by atoms with Gasteiger partial charge in [0.15, 0.2) is 0 Å². The number of rotatable bonds is 6. The molecule has 5 rings (SSSR count). The van der Waals surface area contributed by atoms with Gasteiger partial charge in [-0.3, -0.25) is 9.69 Å². The minimum absolute atomic E-state index is 0.136. The van der Waals surface area contributed by atoms with Gasteiger partial charge in [-0.1, -0.05) is 36.3 Å². The van der Waals surface area contributed by atoms with Gasteiger partial charge in [-0.2, -0.15) is 0 Å². The Hall–Kier alpha value is -3.95. The lowest BCUT2D eigenvalue weighted by atomic mass is 9.98. The number of carbonyl (C=O) groups is 1. The molecule has 208 valence electrons. The first-order valence-corrected chi connectivity index (χ1v) is 14.2. The van der Waals surface area contributed by atoms with Crippen molar-refractivity contribution in [1.29, 1.82) is 0 Å². The molecule has 0 bridgehead atoms. The van der Waals surface area contributed by atoms with Crippen LogP contribution in [-0.2, 0) is 6.54 Å². The number of nitrogens with zero attached hydrogens (tertiary/aromatic N) is 4. The predicted molar refractivity (Wildman–Crippen MR) is 164 cm³/mol. The Morgan fingerprint density at radius 3 is 2.12 bits per heavy atom. The van der Waals surface area contributed by atoms with Gasteiger partial charge in [0.05, 0.1) is 18.5 Å². The third-order valence-electron chi connectivity index (χ3n) is 8.18. The lowest BCUT2D eigenvalue weighted by Gasteiger charge is -2.37. The molecule has 40 heavy (non-hydrogen) atoms. The fourth-order valence-electron chi connectivity index (χ4n) is 5.89. The quantitative estimate of drug-likeness (QED) is 0.416. The molecule has 6 heteroatoms. The molecule has 0 saturated carbocycles. The Morgan fingerprint density at radius 2 is 1.43 bits per heavy atom. The summed E-state index contributed by atoms with van der Waals surface area (Å²) in [5.74, 6) is 7.30. The van der Waals surface area contributed by atoms with E-state index < -0.39 is 0 Å². The number of amides is 1. The summed E-state index contributed by atoms with van der Waals surface area (Å²) in [6, 6.07) is 20.9. The molecule has 2 heterocycles. The van der Waals surface area contributed by atoms with Crippen LogP contribution in [0, 0.1) is 25.7 Å². The zero-order valence-electron chi connectivity index (χ0n) is 24.2. The summed E-state index contributed by atoms with van der Waals surface area (Å²) in [6.07, 6.45) is 0. The number of anilines is 2. The van der Waals surface area contributed by atoms with Crippen molar-refractivity contribution in [2.24, 2.45) is 0 Å². The van der Waals surface area contributed by atoms with Gasteiger partial charge in [0.2, 0.25) is 0 Å². The fourth-order valence-corrected chi connectivity index (χ4v) is 5.89. The van der Waals surface area contributed by atoms with Gasteiger partial charge < -0.3 is 19.4 Å². The zero-order valence-corrected chi connectivity index (χ0v) is 24.2. The topological polar surface area (TPSA) is 39.3 Å². The summed E-state index contributed by atoms with van der Waals surface area (Å²) in [5, 5.41) is 0. The highest BCUT2D eigenvalue weighted by atomic mass is 16.5. The van der Waals surface area contributed by atoms with E-state index in [9.17, 15) is 4.79 Å². The average Bonchev–Trinajstić information content (AvgIpc) is 2.99. The van der Waals surface area contributed by atoms with E-state index in [0.717, 1.165) is 73.9 Å². The highest BCUT2D eigenvalue weighted by molar-refractivity contribution is 5.96. The molecule has 0 spiro atoms. The average molecular weight is 537 g/mol. The normalized spacial score (nSPS) is 15.9. The Kier molecular flexibility index (Phi) is 8.62. The molecule has 1 amide bonds. The van der Waals surface area contributed by atoms with E-state index in [1.54, 1.807) is 7.11 Å². The highest BCUT2D eigenvalue weighted by Crippen LogP contribution is 2.29. The first-order valence-electron chi connectivity index (χ1n) is 14.2. The van der Waals surface area contributed by atoms with Gasteiger partial charge >= 0.3 is 0 Å². The van der Waals surface area contributed by atoms with Gasteiger partial charge in [-0.25, -0.2) is 0 Å². The molecule has 0 aliphatic carbocycles. The summed E-state index contributed by atoms with van der Waals surface area (Å²) in [6.45, 7) is 13.9. The second kappa shape index (κ2) is 12.5. The molecule has 2 aliphatic heterocycles. The molecule has 0 radical (unpaired) electrons. The van der Waals surface area contributed by atoms with Crippen LogP contribution in [0.25, 0.3) is 0 Å². The smallest absolute Gasteiger partial charge is 0.254 e. The summed E-state index contributed by atoms with van der Waals surface area (Å²) in [5.41, 5.74) is 7.79. The standard InChI is InChI=1S/C34H40N4O2/c1-5-10-28-11-6-7-12-31(28)36-17-15-35(16-18-36)25-29-24-30(27(3)23-26(29)2)34(39)38-21-19-37(20-22-38)32-13-8-9-14-33(32)40-4/h6-9,11-14,23-24H,15-22,25H2,1-4H3. The second-order valence-corrected chi connectivity index (χ2v) is 10.7. The van der Waals surface area contributed by atoms with E-state index >= 15 is 0 Å². The third-order valence-corrected chi connectivity index (χ3v) is 8.18. The van der Waals surface area contributed by atoms with Crippen LogP contribution in [0.2, 0.25) is 0 Å². The number of carbonyl (C=O) groups excluding carboxylic acids is 1. The van der Waals surface area contributed by atoms with Crippen LogP contribution in [0.15, 0.2) is 60.7 Å². The van der Waals surface area contributed by atoms with E-state index in [4.69, 9.17) is 4.74 Å². The maximum absolute atomic E-state index is 13.7. The largest absolute Gasteiger partial charge is 0.495 e. The molecule has 0 unspecified atom stereocenters. The Morgan fingerprint density at radius 1 is 0.800 bits per heavy atom. The molecule has 0 N–H and O–H groups in total. The molecular weight excluding hydrogens is 496 g/mol. The van der Waals surface area contributed by atoms with Gasteiger partial charge in [0.25, 0.3) is 5.91 Å². The van der Waals surface area contributed by atoms with Crippen LogP contribution in [0.5, 0.6) is 5.75 Å². The van der Waals surface area contributed by atoms with Gasteiger partial charge in [0, 0.05) is 70.0 Å². The SMILES string of the molecule is CC#Cc1ccccc1N1CCN(Cc2cc(C(=O)N3CCN(c4ccccc4OC)CC3)c(C)cc2C)CC1. The van der Waals surface area contributed by atoms with Crippen molar-refractivity contribution in [1.82, 2.24) is 9.80 Å². The van der Waals surface area contributed by atoms with E-state index in [1.807, 2.05) is 30.0 Å². The number of para-hydroxylation sites is 3. The zero-order chi connectivity index (χ0) is 28.1. The first kappa shape index (κ1) is 27.6. The van der Waals surface area contributed by atoms with Crippen molar-refractivity contribution in [2.75, 3.05) is 69.3 Å². The van der Waals surface area contributed by atoms with Gasteiger partial charge in [-0.15, -0.1) is 5.92 Å². The van der Waals surface area contributed by atoms with Gasteiger partial charge in [-0.05, 0) is 67.8 Å². The Labute approximate surface area is 239 Å². The van der Waals surface area contributed by atoms with Gasteiger partial charge in [0.1, 0.15) is 5.75 Å². The lowest BCUT2D eigenvalue weighted by Crippen LogP contribution is -2.49. The first-order chi connectivity index (χ1) is 19.5. The summed E-state index contributed by atoms with van der Waals surface area (Å²) >= 11 is 0. The lowest BCUT2D eigenvalue weighted by molar-refractivity contribution is 0.0745. The molecule has 0 atom stereocenters. The van der Waals surface area contributed by atoms with Crippen LogP contribution in [0.4, 0.5) is 11.4 Å². The van der Waals surface area contributed by atoms with Crippen molar-refractivity contribution < 1.29 is 9.53 Å². The number of hydrogen-bond donors (Lipinski definition) is 0. The van der Waals surface area contributed by atoms with Crippen LogP contribution in [0.1, 0.15) is 39.5 Å². The second-order valence-electron chi connectivity index (χ2n) is 10.7. The molecule has 2 aliphatic rings. The highest BCUT2D eigenvalue weighted by Gasteiger charge is 2.26. The number of hydrogen-bond acceptors (Lipinski definition) is 5. The number of methoxy groups -OCH3 is 1.